The molecule has 0 bridgehead atoms. The summed E-state index contributed by atoms with van der Waals surface area (Å²) in [4.78, 5) is 4.82. The Kier molecular flexibility index (Phi) is 13.0. The van der Waals surface area contributed by atoms with Crippen LogP contribution in [0, 0.1) is 18.8 Å². The summed E-state index contributed by atoms with van der Waals surface area (Å²) in [5.41, 5.74) is 3.80. The van der Waals surface area contributed by atoms with Gasteiger partial charge in [-0.1, -0.05) is 64.0 Å². The van der Waals surface area contributed by atoms with Gasteiger partial charge in [0.2, 0.25) is 0 Å². The van der Waals surface area contributed by atoms with E-state index in [9.17, 15) is 0 Å². The van der Waals surface area contributed by atoms with E-state index in [1.807, 2.05) is 34.0 Å². The zero-order valence-corrected chi connectivity index (χ0v) is 20.0. The number of rotatable bonds is 4. The lowest BCUT2D eigenvalue weighted by Crippen LogP contribution is -2.10. The van der Waals surface area contributed by atoms with Gasteiger partial charge in [-0.05, 0) is 68.5 Å². The average molecular weight is 420 g/mol. The summed E-state index contributed by atoms with van der Waals surface area (Å²) in [6.07, 6.45) is 28.9. The lowest BCUT2D eigenvalue weighted by molar-refractivity contribution is 0.443. The van der Waals surface area contributed by atoms with Crippen LogP contribution in [0.3, 0.4) is 0 Å². The third-order valence-corrected chi connectivity index (χ3v) is 5.58. The van der Waals surface area contributed by atoms with E-state index in [4.69, 9.17) is 4.98 Å². The lowest BCUT2D eigenvalue weighted by Gasteiger charge is -2.21. The van der Waals surface area contributed by atoms with Crippen molar-refractivity contribution in [3.8, 4) is 12.8 Å². The minimum Gasteiger partial charge on any atom is -0.332 e. The van der Waals surface area contributed by atoms with E-state index in [0.717, 1.165) is 24.5 Å². The Balaban J connectivity index is 0.000000620. The summed E-state index contributed by atoms with van der Waals surface area (Å²) in [6, 6.07) is 4.60. The maximum absolute atomic E-state index is 4.82. The predicted octanol–water partition coefficient (Wildman–Crippen LogP) is 6.88. The van der Waals surface area contributed by atoms with Crippen LogP contribution in [-0.4, -0.2) is 23.6 Å². The average Bonchev–Trinajstić information content (AvgIpc) is 3.25. The summed E-state index contributed by atoms with van der Waals surface area (Å²) < 4.78 is 2.31. The second kappa shape index (κ2) is 15.3. The van der Waals surface area contributed by atoms with Crippen molar-refractivity contribution in [2.24, 2.45) is 5.92 Å². The largest absolute Gasteiger partial charge is 0.332 e. The molecule has 2 heterocycles. The van der Waals surface area contributed by atoms with Crippen molar-refractivity contribution in [3.63, 3.8) is 0 Å². The molecule has 31 heavy (non-hydrogen) atoms. The van der Waals surface area contributed by atoms with E-state index < -0.39 is 0 Å². The van der Waals surface area contributed by atoms with Crippen LogP contribution in [0.15, 0.2) is 61.0 Å². The molecule has 2 aromatic heterocycles. The minimum absolute atomic E-state index is 0.545. The van der Waals surface area contributed by atoms with Crippen molar-refractivity contribution in [2.45, 2.75) is 64.8 Å². The van der Waals surface area contributed by atoms with Crippen molar-refractivity contribution in [3.05, 3.63) is 66.5 Å². The number of allylic oxidation sites excluding steroid dienone is 5. The molecule has 3 nitrogen and oxygen atoms in total. The first-order valence-electron chi connectivity index (χ1n) is 11.6. The van der Waals surface area contributed by atoms with Crippen LogP contribution >= 0.6 is 0 Å². The van der Waals surface area contributed by atoms with Crippen LogP contribution in [0.2, 0.25) is 0 Å². The number of terminal acetylenes is 1. The van der Waals surface area contributed by atoms with Gasteiger partial charge >= 0.3 is 0 Å². The highest BCUT2D eigenvalue weighted by Crippen LogP contribution is 2.33. The SMILES string of the molecule is C#C.C=CC1=CCC(Cn2ccc3cc(C4CCCCC4)cnc32)C=C1.CC.CNC. The lowest BCUT2D eigenvalue weighted by atomic mass is 9.84. The van der Waals surface area contributed by atoms with Gasteiger partial charge in [-0.25, -0.2) is 4.98 Å². The Bertz CT molecular complexity index is 848. The number of hydrogen-bond donors (Lipinski definition) is 1. The van der Waals surface area contributed by atoms with E-state index in [1.165, 1.54) is 48.6 Å². The molecular formula is C28H41N3. The molecule has 2 aliphatic rings. The first kappa shape index (κ1) is 26.5. The molecule has 0 radical (unpaired) electrons. The minimum atomic E-state index is 0.545. The van der Waals surface area contributed by atoms with Crippen LogP contribution in [0.5, 0.6) is 0 Å². The monoisotopic (exact) mass is 419 g/mol. The maximum atomic E-state index is 4.82. The first-order chi connectivity index (χ1) is 15.2. The van der Waals surface area contributed by atoms with E-state index in [0.29, 0.717) is 5.92 Å². The highest BCUT2D eigenvalue weighted by atomic mass is 15.0. The number of nitrogens with zero attached hydrogens (tertiary/aromatic N) is 2. The molecule has 1 unspecified atom stereocenters. The third-order valence-electron chi connectivity index (χ3n) is 5.58. The fourth-order valence-electron chi connectivity index (χ4n) is 4.12. The van der Waals surface area contributed by atoms with Gasteiger partial charge < -0.3 is 9.88 Å². The Labute approximate surface area is 190 Å². The molecule has 2 aromatic rings. The molecule has 3 heteroatoms. The van der Waals surface area contributed by atoms with Crippen LogP contribution in [0.25, 0.3) is 11.0 Å². The Morgan fingerprint density at radius 3 is 2.45 bits per heavy atom. The van der Waals surface area contributed by atoms with Gasteiger partial charge in [-0.3, -0.25) is 0 Å². The molecule has 0 aromatic carbocycles. The Morgan fingerprint density at radius 1 is 1.19 bits per heavy atom. The van der Waals surface area contributed by atoms with E-state index >= 15 is 0 Å². The molecule has 168 valence electrons. The normalized spacial score (nSPS) is 17.7. The Morgan fingerprint density at radius 2 is 1.87 bits per heavy atom. The second-order valence-corrected chi connectivity index (χ2v) is 7.75. The molecule has 0 aliphatic heterocycles. The third kappa shape index (κ3) is 7.89. The number of hydrogen-bond acceptors (Lipinski definition) is 2. The second-order valence-electron chi connectivity index (χ2n) is 7.75. The zero-order chi connectivity index (χ0) is 23.1. The molecular weight excluding hydrogens is 378 g/mol. The highest BCUT2D eigenvalue weighted by Gasteiger charge is 2.17. The molecule has 1 atom stereocenters. The smallest absolute Gasteiger partial charge is 0.139 e. The van der Waals surface area contributed by atoms with Crippen molar-refractivity contribution in [1.82, 2.24) is 14.9 Å². The molecule has 1 saturated carbocycles. The molecule has 1 fully saturated rings. The highest BCUT2D eigenvalue weighted by molar-refractivity contribution is 5.76. The number of pyridine rings is 1. The molecule has 1 N–H and O–H groups in total. The summed E-state index contributed by atoms with van der Waals surface area (Å²) >= 11 is 0. The topological polar surface area (TPSA) is 29.9 Å². The zero-order valence-electron chi connectivity index (χ0n) is 20.0. The summed E-state index contributed by atoms with van der Waals surface area (Å²) in [6.45, 7) is 8.83. The fraction of sp³-hybridized carbons (Fsp3) is 0.464. The standard InChI is InChI=1S/C22H26N2.C2H7N.C2H6.C2H2/c1-2-17-8-10-18(11-9-17)16-24-13-12-20-14-21(15-23-22(20)24)19-6-4-3-5-7-19;1-3-2;2*1-2/h2,8-10,12-15,18-19H,1,3-7,11,16H2;3H,1-2H3;1-2H3;1-2H. The van der Waals surface area contributed by atoms with Gasteiger partial charge in [-0.15, -0.1) is 12.8 Å². The predicted molar refractivity (Wildman–Crippen MR) is 137 cm³/mol. The Hall–Kier alpha value is -2.57. The number of nitrogens with one attached hydrogen (secondary N) is 1. The molecule has 2 aliphatic carbocycles. The van der Waals surface area contributed by atoms with Gasteiger partial charge in [0.1, 0.15) is 5.65 Å². The molecule has 0 saturated heterocycles. The van der Waals surface area contributed by atoms with Crippen LogP contribution in [0.1, 0.15) is 63.9 Å². The summed E-state index contributed by atoms with van der Waals surface area (Å²) in [7, 11) is 3.75. The van der Waals surface area contributed by atoms with Gasteiger partial charge in [0.25, 0.3) is 0 Å². The van der Waals surface area contributed by atoms with Gasteiger partial charge in [-0.2, -0.15) is 0 Å². The van der Waals surface area contributed by atoms with Crippen molar-refractivity contribution < 1.29 is 0 Å². The summed E-state index contributed by atoms with van der Waals surface area (Å²) in [5.74, 6) is 1.27. The van der Waals surface area contributed by atoms with E-state index in [-0.39, 0.29) is 0 Å². The summed E-state index contributed by atoms with van der Waals surface area (Å²) in [5, 5.41) is 4.04. The van der Waals surface area contributed by atoms with Crippen molar-refractivity contribution in [1.29, 1.82) is 0 Å². The number of aromatic nitrogens is 2. The molecule has 4 rings (SSSR count). The quantitative estimate of drug-likeness (QED) is 0.547. The van der Waals surface area contributed by atoms with E-state index in [2.05, 4.69) is 72.1 Å². The van der Waals surface area contributed by atoms with Gasteiger partial charge in [0.05, 0.1) is 0 Å². The first-order valence-corrected chi connectivity index (χ1v) is 11.6. The van der Waals surface area contributed by atoms with Crippen molar-refractivity contribution in [2.75, 3.05) is 14.1 Å². The van der Waals surface area contributed by atoms with Crippen LogP contribution in [0.4, 0.5) is 0 Å². The van der Waals surface area contributed by atoms with Gasteiger partial charge in [0.15, 0.2) is 0 Å². The van der Waals surface area contributed by atoms with Gasteiger partial charge in [0, 0.05) is 24.3 Å². The molecule has 0 spiro atoms. The van der Waals surface area contributed by atoms with Crippen molar-refractivity contribution >= 4 is 11.0 Å². The fourth-order valence-corrected chi connectivity index (χ4v) is 4.12. The van der Waals surface area contributed by atoms with E-state index in [1.54, 1.807) is 0 Å². The van der Waals surface area contributed by atoms with Crippen LogP contribution < -0.4 is 5.32 Å². The number of fused-ring (bicyclic) bond motifs is 1. The molecule has 0 amide bonds. The van der Waals surface area contributed by atoms with Crippen LogP contribution in [-0.2, 0) is 6.54 Å². The maximum Gasteiger partial charge on any atom is 0.139 e.